The van der Waals surface area contributed by atoms with Crippen LogP contribution < -0.4 is 15.2 Å². The second kappa shape index (κ2) is 7.87. The predicted octanol–water partition coefficient (Wildman–Crippen LogP) is 2.56. The quantitative estimate of drug-likeness (QED) is 0.907. The van der Waals surface area contributed by atoms with E-state index in [9.17, 15) is 0 Å². The molecule has 120 valence electrons. The lowest BCUT2D eigenvalue weighted by Gasteiger charge is -2.42. The van der Waals surface area contributed by atoms with E-state index < -0.39 is 0 Å². The van der Waals surface area contributed by atoms with Crippen molar-refractivity contribution in [3.63, 3.8) is 0 Å². The van der Waals surface area contributed by atoms with Gasteiger partial charge >= 0.3 is 0 Å². The normalized spacial score (nSPS) is 21.4. The minimum Gasteiger partial charge on any atom is -0.497 e. The SMILES string of the molecule is COc1ccc(OCCN2CCC(N)C(C)(C)C2)cc1.Cl. The Balaban J connectivity index is 0.00000220. The number of rotatable bonds is 5. The summed E-state index contributed by atoms with van der Waals surface area (Å²) in [5.41, 5.74) is 6.34. The number of likely N-dealkylation sites (tertiary alicyclic amines) is 1. The first-order valence-electron chi connectivity index (χ1n) is 7.26. The topological polar surface area (TPSA) is 47.7 Å². The summed E-state index contributed by atoms with van der Waals surface area (Å²) in [5, 5.41) is 0. The highest BCUT2D eigenvalue weighted by Crippen LogP contribution is 2.27. The molecule has 0 bridgehead atoms. The van der Waals surface area contributed by atoms with Gasteiger partial charge in [0.15, 0.2) is 0 Å². The molecule has 2 N–H and O–H groups in total. The number of methoxy groups -OCH3 is 1. The van der Waals surface area contributed by atoms with Gasteiger partial charge in [-0.3, -0.25) is 4.90 Å². The van der Waals surface area contributed by atoms with Gasteiger partial charge in [0.1, 0.15) is 18.1 Å². The maximum absolute atomic E-state index is 6.15. The molecule has 1 aromatic rings. The maximum Gasteiger partial charge on any atom is 0.119 e. The van der Waals surface area contributed by atoms with Crippen LogP contribution in [0, 0.1) is 5.41 Å². The molecule has 1 unspecified atom stereocenters. The molecule has 0 aliphatic carbocycles. The van der Waals surface area contributed by atoms with Crippen molar-refractivity contribution < 1.29 is 9.47 Å². The highest BCUT2D eigenvalue weighted by atomic mass is 35.5. The van der Waals surface area contributed by atoms with Gasteiger partial charge in [0.2, 0.25) is 0 Å². The highest BCUT2D eigenvalue weighted by Gasteiger charge is 2.32. The molecule has 1 fully saturated rings. The lowest BCUT2D eigenvalue weighted by Crippen LogP contribution is -2.53. The van der Waals surface area contributed by atoms with Crippen molar-refractivity contribution in [2.75, 3.05) is 33.4 Å². The van der Waals surface area contributed by atoms with Gasteiger partial charge in [0.05, 0.1) is 7.11 Å². The van der Waals surface area contributed by atoms with Crippen LogP contribution in [0.4, 0.5) is 0 Å². The Labute approximate surface area is 134 Å². The summed E-state index contributed by atoms with van der Waals surface area (Å²) >= 11 is 0. The fourth-order valence-electron chi connectivity index (χ4n) is 2.64. The zero-order valence-corrected chi connectivity index (χ0v) is 14.0. The molecule has 1 heterocycles. The third-order valence-electron chi connectivity index (χ3n) is 4.13. The van der Waals surface area contributed by atoms with Crippen LogP contribution in [0.1, 0.15) is 20.3 Å². The fraction of sp³-hybridized carbons (Fsp3) is 0.625. The van der Waals surface area contributed by atoms with E-state index >= 15 is 0 Å². The number of halogens is 1. The van der Waals surface area contributed by atoms with Crippen molar-refractivity contribution in [1.29, 1.82) is 0 Å². The molecule has 0 saturated carbocycles. The summed E-state index contributed by atoms with van der Waals surface area (Å²) in [6.07, 6.45) is 1.07. The van der Waals surface area contributed by atoms with Crippen LogP contribution in [0.3, 0.4) is 0 Å². The second-order valence-corrected chi connectivity index (χ2v) is 6.18. The largest absolute Gasteiger partial charge is 0.497 e. The molecule has 0 spiro atoms. The van der Waals surface area contributed by atoms with E-state index in [4.69, 9.17) is 15.2 Å². The molecular formula is C16H27ClN2O2. The van der Waals surface area contributed by atoms with Crippen LogP contribution in [0.5, 0.6) is 11.5 Å². The Morgan fingerprint density at radius 1 is 1.24 bits per heavy atom. The van der Waals surface area contributed by atoms with Crippen LogP contribution in [0.2, 0.25) is 0 Å². The minimum atomic E-state index is 0. The van der Waals surface area contributed by atoms with Gasteiger partial charge in [-0.05, 0) is 42.6 Å². The Hall–Kier alpha value is -0.970. The third kappa shape index (κ3) is 5.06. The van der Waals surface area contributed by atoms with Crippen molar-refractivity contribution in [1.82, 2.24) is 4.90 Å². The molecule has 0 amide bonds. The predicted molar refractivity (Wildman–Crippen MR) is 88.6 cm³/mol. The van der Waals surface area contributed by atoms with Crippen molar-refractivity contribution in [2.24, 2.45) is 11.1 Å². The zero-order valence-electron chi connectivity index (χ0n) is 13.2. The molecular weight excluding hydrogens is 288 g/mol. The summed E-state index contributed by atoms with van der Waals surface area (Å²) in [5.74, 6) is 1.74. The van der Waals surface area contributed by atoms with Gasteiger partial charge < -0.3 is 15.2 Å². The van der Waals surface area contributed by atoms with E-state index in [0.717, 1.165) is 37.6 Å². The van der Waals surface area contributed by atoms with Crippen LogP contribution in [0.15, 0.2) is 24.3 Å². The molecule has 0 aromatic heterocycles. The summed E-state index contributed by atoms with van der Waals surface area (Å²) in [7, 11) is 1.67. The average Bonchev–Trinajstić information content (AvgIpc) is 2.43. The molecule has 2 rings (SSSR count). The number of piperidine rings is 1. The van der Waals surface area contributed by atoms with Crippen LogP contribution >= 0.6 is 12.4 Å². The Morgan fingerprint density at radius 3 is 2.43 bits per heavy atom. The lowest BCUT2D eigenvalue weighted by atomic mass is 9.80. The van der Waals surface area contributed by atoms with Gasteiger partial charge in [0.25, 0.3) is 0 Å². The van der Waals surface area contributed by atoms with Crippen LogP contribution in [0.25, 0.3) is 0 Å². The number of hydrogen-bond acceptors (Lipinski definition) is 4. The van der Waals surface area contributed by atoms with E-state index in [1.54, 1.807) is 7.11 Å². The molecule has 1 atom stereocenters. The second-order valence-electron chi connectivity index (χ2n) is 6.18. The highest BCUT2D eigenvalue weighted by molar-refractivity contribution is 5.85. The van der Waals surface area contributed by atoms with Crippen molar-refractivity contribution in [3.8, 4) is 11.5 Å². The molecule has 21 heavy (non-hydrogen) atoms. The van der Waals surface area contributed by atoms with Gasteiger partial charge in [-0.25, -0.2) is 0 Å². The number of nitrogens with zero attached hydrogens (tertiary/aromatic N) is 1. The summed E-state index contributed by atoms with van der Waals surface area (Å²) < 4.78 is 10.9. The molecule has 1 aliphatic rings. The Morgan fingerprint density at radius 2 is 1.86 bits per heavy atom. The first-order valence-corrected chi connectivity index (χ1v) is 7.26. The van der Waals surface area contributed by atoms with Gasteiger partial charge in [0, 0.05) is 19.1 Å². The van der Waals surface area contributed by atoms with Crippen molar-refractivity contribution in [2.45, 2.75) is 26.3 Å². The summed E-state index contributed by atoms with van der Waals surface area (Å²) in [6, 6.07) is 8.02. The van der Waals surface area contributed by atoms with Crippen molar-refractivity contribution >= 4 is 12.4 Å². The lowest BCUT2D eigenvalue weighted by molar-refractivity contribution is 0.0831. The molecule has 1 saturated heterocycles. The molecule has 5 heteroatoms. The molecule has 0 radical (unpaired) electrons. The van der Waals surface area contributed by atoms with Crippen LogP contribution in [-0.4, -0.2) is 44.3 Å². The first-order chi connectivity index (χ1) is 9.51. The van der Waals surface area contributed by atoms with E-state index in [-0.39, 0.29) is 17.8 Å². The molecule has 1 aromatic carbocycles. The third-order valence-corrected chi connectivity index (χ3v) is 4.13. The first kappa shape index (κ1) is 18.1. The van der Waals surface area contributed by atoms with E-state index in [2.05, 4.69) is 18.7 Å². The summed E-state index contributed by atoms with van der Waals surface area (Å²) in [6.45, 7) is 8.25. The zero-order chi connectivity index (χ0) is 14.6. The number of benzene rings is 1. The van der Waals surface area contributed by atoms with E-state index in [1.165, 1.54) is 0 Å². The van der Waals surface area contributed by atoms with Gasteiger partial charge in [-0.2, -0.15) is 0 Å². The average molecular weight is 315 g/mol. The Kier molecular flexibility index (Phi) is 6.78. The number of hydrogen-bond donors (Lipinski definition) is 1. The number of nitrogens with two attached hydrogens (primary N) is 1. The molecule has 1 aliphatic heterocycles. The smallest absolute Gasteiger partial charge is 0.119 e. The minimum absolute atomic E-state index is 0. The van der Waals surface area contributed by atoms with Gasteiger partial charge in [-0.15, -0.1) is 12.4 Å². The summed E-state index contributed by atoms with van der Waals surface area (Å²) in [4.78, 5) is 2.44. The maximum atomic E-state index is 6.15. The standard InChI is InChI=1S/C16H26N2O2.ClH/c1-16(2)12-18(9-8-15(16)17)10-11-20-14-6-4-13(19-3)5-7-14;/h4-7,15H,8-12,17H2,1-3H3;1H. The van der Waals surface area contributed by atoms with E-state index in [1.807, 2.05) is 24.3 Å². The van der Waals surface area contributed by atoms with Gasteiger partial charge in [-0.1, -0.05) is 13.8 Å². The van der Waals surface area contributed by atoms with Crippen molar-refractivity contribution in [3.05, 3.63) is 24.3 Å². The van der Waals surface area contributed by atoms with E-state index in [0.29, 0.717) is 12.6 Å². The fourth-order valence-corrected chi connectivity index (χ4v) is 2.64. The monoisotopic (exact) mass is 314 g/mol. The molecule has 4 nitrogen and oxygen atoms in total. The van der Waals surface area contributed by atoms with Crippen LogP contribution in [-0.2, 0) is 0 Å². The Bertz CT molecular complexity index is 423. The number of ether oxygens (including phenoxy) is 2.